The fourth-order valence-electron chi connectivity index (χ4n) is 1.18. The van der Waals surface area contributed by atoms with Gasteiger partial charge in [0, 0.05) is 5.92 Å². The molecule has 1 fully saturated rings. The fraction of sp³-hybridized carbons (Fsp3) is 0.667. The Hall–Kier alpha value is -1.39. The summed E-state index contributed by atoms with van der Waals surface area (Å²) >= 11 is 0. The second kappa shape index (κ2) is 3.77. The van der Waals surface area contributed by atoms with Gasteiger partial charge in [0.25, 0.3) is 0 Å². The van der Waals surface area contributed by atoms with Crippen LogP contribution in [0.5, 0.6) is 0 Å². The van der Waals surface area contributed by atoms with E-state index in [0.29, 0.717) is 18.4 Å². The second-order valence-corrected chi connectivity index (χ2v) is 3.30. The van der Waals surface area contributed by atoms with Crippen molar-refractivity contribution in [3.05, 3.63) is 11.7 Å². The van der Waals surface area contributed by atoms with Gasteiger partial charge in [-0.1, -0.05) is 5.16 Å². The highest BCUT2D eigenvalue weighted by atomic mass is 16.5. The van der Waals surface area contributed by atoms with Crippen LogP contribution in [0.1, 0.15) is 37.4 Å². The molecule has 0 amide bonds. The molecule has 0 atom stereocenters. The van der Waals surface area contributed by atoms with Gasteiger partial charge in [-0.3, -0.25) is 4.79 Å². The number of hydrogen-bond acceptors (Lipinski definition) is 5. The van der Waals surface area contributed by atoms with Gasteiger partial charge in [0.2, 0.25) is 5.89 Å². The average molecular weight is 196 g/mol. The number of esters is 1. The molecule has 0 aliphatic heterocycles. The van der Waals surface area contributed by atoms with Gasteiger partial charge in [-0.15, -0.1) is 0 Å². The van der Waals surface area contributed by atoms with Crippen LogP contribution in [0, 0.1) is 0 Å². The van der Waals surface area contributed by atoms with Gasteiger partial charge >= 0.3 is 5.97 Å². The standard InChI is InChI=1S/C9H12N2O3/c1-2-13-8(12)5-7-10-9(11-14-7)6-3-4-6/h6H,2-5H2,1H3. The number of carbonyl (C=O) groups excluding carboxylic acids is 1. The zero-order chi connectivity index (χ0) is 9.97. The Balaban J connectivity index is 1.92. The molecule has 0 spiro atoms. The molecule has 14 heavy (non-hydrogen) atoms. The highest BCUT2D eigenvalue weighted by molar-refractivity contribution is 5.71. The molecule has 1 aromatic heterocycles. The summed E-state index contributed by atoms with van der Waals surface area (Å²) in [6, 6.07) is 0. The van der Waals surface area contributed by atoms with Crippen molar-refractivity contribution in [2.75, 3.05) is 6.61 Å². The molecule has 1 aromatic rings. The zero-order valence-corrected chi connectivity index (χ0v) is 8.02. The SMILES string of the molecule is CCOC(=O)Cc1nc(C2CC2)no1. The summed E-state index contributed by atoms with van der Waals surface area (Å²) in [5, 5.41) is 3.80. The number of rotatable bonds is 4. The van der Waals surface area contributed by atoms with Crippen LogP contribution >= 0.6 is 0 Å². The van der Waals surface area contributed by atoms with Crippen molar-refractivity contribution in [1.29, 1.82) is 0 Å². The summed E-state index contributed by atoms with van der Waals surface area (Å²) in [6.07, 6.45) is 2.32. The monoisotopic (exact) mass is 196 g/mol. The van der Waals surface area contributed by atoms with Crippen molar-refractivity contribution >= 4 is 5.97 Å². The summed E-state index contributed by atoms with van der Waals surface area (Å²) in [6.45, 7) is 2.14. The lowest BCUT2D eigenvalue weighted by Gasteiger charge is -1.96. The van der Waals surface area contributed by atoms with Crippen molar-refractivity contribution in [2.24, 2.45) is 0 Å². The number of ether oxygens (including phenoxy) is 1. The summed E-state index contributed by atoms with van der Waals surface area (Å²) in [5.41, 5.74) is 0. The number of hydrogen-bond donors (Lipinski definition) is 0. The molecule has 0 N–H and O–H groups in total. The summed E-state index contributed by atoms with van der Waals surface area (Å²) in [5.74, 6) is 1.21. The van der Waals surface area contributed by atoms with Crippen LogP contribution in [0.25, 0.3) is 0 Å². The summed E-state index contributed by atoms with van der Waals surface area (Å²) < 4.78 is 9.69. The highest BCUT2D eigenvalue weighted by Crippen LogP contribution is 2.38. The van der Waals surface area contributed by atoms with Gasteiger partial charge < -0.3 is 9.26 Å². The predicted molar refractivity (Wildman–Crippen MR) is 46.6 cm³/mol. The van der Waals surface area contributed by atoms with Crippen molar-refractivity contribution in [3.63, 3.8) is 0 Å². The molecule has 0 radical (unpaired) electrons. The maximum absolute atomic E-state index is 11.1. The van der Waals surface area contributed by atoms with Crippen LogP contribution in [0.15, 0.2) is 4.52 Å². The summed E-state index contributed by atoms with van der Waals surface area (Å²) in [4.78, 5) is 15.2. The molecule has 1 heterocycles. The van der Waals surface area contributed by atoms with E-state index in [-0.39, 0.29) is 12.4 Å². The van der Waals surface area contributed by atoms with E-state index in [2.05, 4.69) is 10.1 Å². The van der Waals surface area contributed by atoms with Gasteiger partial charge in [-0.2, -0.15) is 4.98 Å². The second-order valence-electron chi connectivity index (χ2n) is 3.30. The molecule has 1 aliphatic carbocycles. The lowest BCUT2D eigenvalue weighted by Crippen LogP contribution is -2.07. The number of aromatic nitrogens is 2. The highest BCUT2D eigenvalue weighted by Gasteiger charge is 2.29. The largest absolute Gasteiger partial charge is 0.466 e. The minimum absolute atomic E-state index is 0.0769. The van der Waals surface area contributed by atoms with Crippen molar-refractivity contribution in [3.8, 4) is 0 Å². The van der Waals surface area contributed by atoms with E-state index in [4.69, 9.17) is 9.26 Å². The maximum atomic E-state index is 11.1. The minimum Gasteiger partial charge on any atom is -0.466 e. The third-order valence-electron chi connectivity index (χ3n) is 2.03. The smallest absolute Gasteiger partial charge is 0.315 e. The van der Waals surface area contributed by atoms with E-state index >= 15 is 0 Å². The first-order chi connectivity index (χ1) is 6.79. The van der Waals surface area contributed by atoms with Crippen LogP contribution in [0.3, 0.4) is 0 Å². The third kappa shape index (κ3) is 2.10. The van der Waals surface area contributed by atoms with E-state index in [1.807, 2.05) is 0 Å². The van der Waals surface area contributed by atoms with Crippen LogP contribution in [0.2, 0.25) is 0 Å². The first kappa shape index (κ1) is 9.18. The molecule has 0 saturated heterocycles. The Morgan fingerprint density at radius 2 is 2.43 bits per heavy atom. The molecule has 0 bridgehead atoms. The molecule has 5 nitrogen and oxygen atoms in total. The van der Waals surface area contributed by atoms with Crippen LogP contribution in [-0.4, -0.2) is 22.7 Å². The van der Waals surface area contributed by atoms with Gasteiger partial charge in [0.1, 0.15) is 6.42 Å². The van der Waals surface area contributed by atoms with Crippen LogP contribution in [0.4, 0.5) is 0 Å². The molecular formula is C9H12N2O3. The molecule has 5 heteroatoms. The lowest BCUT2D eigenvalue weighted by molar-refractivity contribution is -0.142. The average Bonchev–Trinajstić information content (AvgIpc) is 2.89. The van der Waals surface area contributed by atoms with Crippen molar-refractivity contribution in [1.82, 2.24) is 10.1 Å². The maximum Gasteiger partial charge on any atom is 0.315 e. The van der Waals surface area contributed by atoms with Gasteiger partial charge in [-0.25, -0.2) is 0 Å². The first-order valence-corrected chi connectivity index (χ1v) is 4.77. The van der Waals surface area contributed by atoms with E-state index in [1.165, 1.54) is 0 Å². The normalized spacial score (nSPS) is 15.5. The first-order valence-electron chi connectivity index (χ1n) is 4.77. The molecule has 1 saturated carbocycles. The quantitative estimate of drug-likeness (QED) is 0.673. The predicted octanol–water partition coefficient (Wildman–Crippen LogP) is 1.05. The Kier molecular flexibility index (Phi) is 2.47. The van der Waals surface area contributed by atoms with E-state index in [9.17, 15) is 4.79 Å². The number of nitrogens with zero attached hydrogens (tertiary/aromatic N) is 2. The number of carbonyl (C=O) groups is 1. The Morgan fingerprint density at radius 3 is 3.07 bits per heavy atom. The zero-order valence-electron chi connectivity index (χ0n) is 8.02. The molecule has 0 aromatic carbocycles. The fourth-order valence-corrected chi connectivity index (χ4v) is 1.18. The van der Waals surface area contributed by atoms with Crippen LogP contribution in [-0.2, 0) is 16.0 Å². The van der Waals surface area contributed by atoms with E-state index in [0.717, 1.165) is 18.7 Å². The summed E-state index contributed by atoms with van der Waals surface area (Å²) in [7, 11) is 0. The Morgan fingerprint density at radius 1 is 1.64 bits per heavy atom. The minimum atomic E-state index is -0.321. The molecule has 0 unspecified atom stereocenters. The lowest BCUT2D eigenvalue weighted by atomic mass is 10.4. The molecule has 2 rings (SSSR count). The van der Waals surface area contributed by atoms with E-state index < -0.39 is 0 Å². The topological polar surface area (TPSA) is 65.2 Å². The van der Waals surface area contributed by atoms with Crippen molar-refractivity contribution < 1.29 is 14.1 Å². The Bertz CT molecular complexity index is 331. The van der Waals surface area contributed by atoms with Gasteiger partial charge in [0.15, 0.2) is 5.82 Å². The van der Waals surface area contributed by atoms with Crippen LogP contribution < -0.4 is 0 Å². The molecular weight excluding hydrogens is 184 g/mol. The van der Waals surface area contributed by atoms with Crippen molar-refractivity contribution in [2.45, 2.75) is 32.1 Å². The van der Waals surface area contributed by atoms with Gasteiger partial charge in [0.05, 0.1) is 6.61 Å². The Labute approximate surface area is 81.4 Å². The van der Waals surface area contributed by atoms with E-state index in [1.54, 1.807) is 6.92 Å². The van der Waals surface area contributed by atoms with Gasteiger partial charge in [-0.05, 0) is 19.8 Å². The molecule has 76 valence electrons. The third-order valence-corrected chi connectivity index (χ3v) is 2.03. The molecule has 1 aliphatic rings.